The normalized spacial score (nSPS) is 16.4. The standard InChI is InChI=1S/C14H25N5O2.4C2HF3O2/c20-13-1-2-14(21)19(13)12-11-18-9-7-16-5-3-15-4-6-17-8-10-18;4*3-2(4,5)1(6)7/h1-2,15-17H,3-12H2;4*(H,6,7). The molecule has 0 aromatic rings. The summed E-state index contributed by atoms with van der Waals surface area (Å²) in [5, 5.41) is 38.6. The van der Waals surface area contributed by atoms with Crippen LogP contribution in [0.2, 0.25) is 0 Å². The molecule has 1 saturated heterocycles. The molecule has 1 fully saturated rings. The number of nitrogens with one attached hydrogen (secondary N) is 3. The molecule has 27 heteroatoms. The smallest absolute Gasteiger partial charge is 0.475 e. The van der Waals surface area contributed by atoms with Gasteiger partial charge in [0.15, 0.2) is 0 Å². The van der Waals surface area contributed by atoms with E-state index in [9.17, 15) is 62.3 Å². The minimum absolute atomic E-state index is 0.198. The zero-order valence-electron chi connectivity index (χ0n) is 24.4. The SMILES string of the molecule is O=C(O)C(F)(F)F.O=C(O)C(F)(F)F.O=C(O)C(F)(F)F.O=C(O)C(F)(F)F.O=C1C=CC(=O)N1CCN1CCNCCNCCNCC1. The van der Waals surface area contributed by atoms with Crippen LogP contribution in [0.4, 0.5) is 52.7 Å². The van der Waals surface area contributed by atoms with Crippen molar-refractivity contribution in [1.29, 1.82) is 0 Å². The predicted octanol–water partition coefficient (Wildman–Crippen LogP) is 0.529. The van der Waals surface area contributed by atoms with E-state index in [1.165, 1.54) is 17.1 Å². The summed E-state index contributed by atoms with van der Waals surface area (Å²) in [6.45, 7) is 8.74. The molecule has 2 heterocycles. The number of nitrogens with zero attached hydrogens (tertiary/aromatic N) is 2. The Morgan fingerprint density at radius 2 is 0.735 bits per heavy atom. The van der Waals surface area contributed by atoms with Crippen LogP contribution in [0.5, 0.6) is 0 Å². The molecule has 2 aliphatic heterocycles. The lowest BCUT2D eigenvalue weighted by atomic mass is 10.4. The highest BCUT2D eigenvalue weighted by atomic mass is 19.4. The van der Waals surface area contributed by atoms with Crippen molar-refractivity contribution in [2.24, 2.45) is 0 Å². The van der Waals surface area contributed by atoms with Gasteiger partial charge in [-0.3, -0.25) is 19.4 Å². The van der Waals surface area contributed by atoms with Crippen molar-refractivity contribution in [3.63, 3.8) is 0 Å². The summed E-state index contributed by atoms with van der Waals surface area (Å²) in [7, 11) is 0. The van der Waals surface area contributed by atoms with Gasteiger partial charge in [0.1, 0.15) is 0 Å². The van der Waals surface area contributed by atoms with E-state index in [-0.39, 0.29) is 11.8 Å². The first-order chi connectivity index (χ1) is 22.0. The van der Waals surface area contributed by atoms with Crippen molar-refractivity contribution in [3.8, 4) is 0 Å². The fraction of sp³-hybridized carbons (Fsp3) is 0.636. The number of aliphatic carboxylic acids is 4. The molecule has 0 spiro atoms. The van der Waals surface area contributed by atoms with Gasteiger partial charge in [-0.25, -0.2) is 19.2 Å². The Morgan fingerprint density at radius 1 is 0.510 bits per heavy atom. The number of rotatable bonds is 3. The summed E-state index contributed by atoms with van der Waals surface area (Å²) in [6.07, 6.45) is -17.6. The van der Waals surface area contributed by atoms with Crippen LogP contribution in [-0.4, -0.2) is 156 Å². The van der Waals surface area contributed by atoms with Gasteiger partial charge in [0.2, 0.25) is 0 Å². The second-order valence-electron chi connectivity index (χ2n) is 8.46. The molecule has 2 rings (SSSR count). The van der Waals surface area contributed by atoms with Gasteiger partial charge >= 0.3 is 48.6 Å². The highest BCUT2D eigenvalue weighted by Gasteiger charge is 2.40. The summed E-state index contributed by atoms with van der Waals surface area (Å²) in [4.78, 5) is 62.2. The Morgan fingerprint density at radius 3 is 0.959 bits per heavy atom. The van der Waals surface area contributed by atoms with E-state index in [1.807, 2.05) is 0 Å². The van der Waals surface area contributed by atoms with Crippen LogP contribution in [0.1, 0.15) is 0 Å². The van der Waals surface area contributed by atoms with E-state index >= 15 is 0 Å². The molecule has 0 unspecified atom stereocenters. The van der Waals surface area contributed by atoms with Crippen molar-refractivity contribution in [3.05, 3.63) is 12.2 Å². The number of imide groups is 1. The van der Waals surface area contributed by atoms with E-state index in [2.05, 4.69) is 20.9 Å². The van der Waals surface area contributed by atoms with Gasteiger partial charge in [-0.05, 0) is 0 Å². The Kier molecular flexibility index (Phi) is 23.2. The molecule has 0 saturated carbocycles. The van der Waals surface area contributed by atoms with Crippen LogP contribution in [0, 0.1) is 0 Å². The molecule has 0 aromatic heterocycles. The van der Waals surface area contributed by atoms with E-state index in [0.29, 0.717) is 6.54 Å². The average molecular weight is 751 g/mol. The van der Waals surface area contributed by atoms with E-state index < -0.39 is 48.6 Å². The lowest BCUT2D eigenvalue weighted by Crippen LogP contribution is -2.45. The summed E-state index contributed by atoms with van der Waals surface area (Å²) in [5.41, 5.74) is 0. The van der Waals surface area contributed by atoms with Crippen LogP contribution in [-0.2, 0) is 28.8 Å². The van der Waals surface area contributed by atoms with Crippen LogP contribution >= 0.6 is 0 Å². The Balaban J connectivity index is -0.000000624. The molecule has 0 aliphatic carbocycles. The molecule has 0 aromatic carbocycles. The zero-order valence-corrected chi connectivity index (χ0v) is 24.4. The number of amides is 2. The van der Waals surface area contributed by atoms with Gasteiger partial charge in [0.25, 0.3) is 11.8 Å². The second-order valence-corrected chi connectivity index (χ2v) is 8.46. The maximum absolute atomic E-state index is 11.5. The van der Waals surface area contributed by atoms with Gasteiger partial charge in [0.05, 0.1) is 0 Å². The molecule has 15 nitrogen and oxygen atoms in total. The molecule has 0 radical (unpaired) electrons. The number of carbonyl (C=O) groups is 6. The number of carboxylic acids is 4. The largest absolute Gasteiger partial charge is 0.490 e. The third-order valence-electron chi connectivity index (χ3n) is 4.68. The van der Waals surface area contributed by atoms with E-state index in [1.54, 1.807) is 0 Å². The first-order valence-corrected chi connectivity index (χ1v) is 12.6. The molecule has 2 amide bonds. The van der Waals surface area contributed by atoms with Gasteiger partial charge in [-0.1, -0.05) is 0 Å². The number of alkyl halides is 12. The molecule has 7 N–H and O–H groups in total. The van der Waals surface area contributed by atoms with Crippen molar-refractivity contribution < 1.29 is 102 Å². The summed E-state index contributed by atoms with van der Waals surface area (Å²) >= 11 is 0. The Hall–Kier alpha value is -4.24. The first-order valence-electron chi connectivity index (χ1n) is 12.6. The van der Waals surface area contributed by atoms with E-state index in [4.69, 9.17) is 39.6 Å². The molecular weight excluding hydrogens is 722 g/mol. The third kappa shape index (κ3) is 28.5. The number of hydrogen-bond acceptors (Lipinski definition) is 10. The zero-order chi connectivity index (χ0) is 39.2. The van der Waals surface area contributed by atoms with Crippen molar-refractivity contribution in [1.82, 2.24) is 25.8 Å². The minimum Gasteiger partial charge on any atom is -0.475 e. The second kappa shape index (κ2) is 23.2. The lowest BCUT2D eigenvalue weighted by Gasteiger charge is -2.25. The minimum atomic E-state index is -5.08. The molecule has 0 atom stereocenters. The molecular formula is C22H29F12N5O10. The number of hydrogen-bond donors (Lipinski definition) is 7. The maximum Gasteiger partial charge on any atom is 0.490 e. The number of halogens is 12. The Bertz CT molecular complexity index is 971. The van der Waals surface area contributed by atoms with E-state index in [0.717, 1.165) is 58.9 Å². The fourth-order valence-electron chi connectivity index (χ4n) is 2.43. The summed E-state index contributed by atoms with van der Waals surface area (Å²) < 4.78 is 127. The quantitative estimate of drug-likeness (QED) is 0.154. The molecule has 49 heavy (non-hydrogen) atoms. The molecule has 286 valence electrons. The molecule has 0 bridgehead atoms. The highest BCUT2D eigenvalue weighted by molar-refractivity contribution is 6.12. The van der Waals surface area contributed by atoms with Crippen molar-refractivity contribution >= 4 is 35.7 Å². The van der Waals surface area contributed by atoms with Crippen LogP contribution in [0.15, 0.2) is 12.2 Å². The maximum atomic E-state index is 11.5. The van der Waals surface area contributed by atoms with Crippen LogP contribution in [0.25, 0.3) is 0 Å². The first kappa shape index (κ1) is 49.2. The number of carboxylic acid groups (broad SMARTS) is 4. The van der Waals surface area contributed by atoms with Gasteiger partial charge in [0, 0.05) is 77.6 Å². The monoisotopic (exact) mass is 751 g/mol. The topological polar surface area (TPSA) is 226 Å². The predicted molar refractivity (Wildman–Crippen MR) is 136 cm³/mol. The molecule has 2 aliphatic rings. The number of carbonyl (C=O) groups excluding carboxylic acids is 2. The van der Waals surface area contributed by atoms with Gasteiger partial charge in [-0.15, -0.1) is 0 Å². The van der Waals surface area contributed by atoms with Crippen LogP contribution < -0.4 is 16.0 Å². The van der Waals surface area contributed by atoms with Crippen molar-refractivity contribution in [2.45, 2.75) is 24.7 Å². The summed E-state index contributed by atoms with van der Waals surface area (Å²) in [5.74, 6) is -11.4. The fourth-order valence-corrected chi connectivity index (χ4v) is 2.43. The van der Waals surface area contributed by atoms with Crippen LogP contribution in [0.3, 0.4) is 0 Å². The lowest BCUT2D eigenvalue weighted by molar-refractivity contribution is -0.193. The highest BCUT2D eigenvalue weighted by Crippen LogP contribution is 2.15. The average Bonchev–Trinajstić information content (AvgIpc) is 3.24. The Labute approximate surface area is 266 Å². The van der Waals surface area contributed by atoms with Gasteiger partial charge in [-0.2, -0.15) is 52.7 Å². The van der Waals surface area contributed by atoms with Crippen molar-refractivity contribution in [2.75, 3.05) is 65.4 Å². The third-order valence-corrected chi connectivity index (χ3v) is 4.68. The van der Waals surface area contributed by atoms with Gasteiger partial charge < -0.3 is 36.4 Å². The summed E-state index contributed by atoms with van der Waals surface area (Å²) in [6, 6.07) is 0.